The van der Waals surface area contributed by atoms with E-state index < -0.39 is 11.9 Å². The third-order valence-electron chi connectivity index (χ3n) is 2.78. The van der Waals surface area contributed by atoms with E-state index in [1.807, 2.05) is 0 Å². The lowest BCUT2D eigenvalue weighted by Gasteiger charge is -2.02. The number of halogens is 2. The summed E-state index contributed by atoms with van der Waals surface area (Å²) in [6.07, 6.45) is 3.39. The molecule has 0 aliphatic rings. The van der Waals surface area contributed by atoms with Crippen molar-refractivity contribution in [3.8, 4) is 0 Å². The molecule has 19 heavy (non-hydrogen) atoms. The first-order valence-electron chi connectivity index (χ1n) is 5.54. The molecule has 3 aromatic rings. The summed E-state index contributed by atoms with van der Waals surface area (Å²) in [4.78, 5) is 4.17. The maximum absolute atomic E-state index is 13.2. The monoisotopic (exact) mass is 280 g/mol. The molecular formula is C12H10ClFN4O. The maximum Gasteiger partial charge on any atom is 0.217 e. The molecule has 0 amide bonds. The average Bonchev–Trinajstić information content (AvgIpc) is 2.94. The summed E-state index contributed by atoms with van der Waals surface area (Å²) in [7, 11) is 1.79. The molecule has 1 aromatic carbocycles. The molecule has 0 fully saturated rings. The summed E-state index contributed by atoms with van der Waals surface area (Å²) >= 11 is 5.90. The van der Waals surface area contributed by atoms with Crippen LogP contribution in [0.5, 0.6) is 0 Å². The van der Waals surface area contributed by atoms with Gasteiger partial charge in [-0.05, 0) is 6.07 Å². The molecule has 2 aromatic heterocycles. The molecule has 1 atom stereocenters. The normalized spacial score (nSPS) is 13.1. The number of fused-ring (bicyclic) bond motifs is 1. The van der Waals surface area contributed by atoms with Gasteiger partial charge in [0, 0.05) is 24.9 Å². The molecule has 0 aliphatic carbocycles. The van der Waals surface area contributed by atoms with E-state index in [4.69, 9.17) is 21.8 Å². The van der Waals surface area contributed by atoms with Crippen LogP contribution in [-0.2, 0) is 7.05 Å². The highest BCUT2D eigenvalue weighted by Crippen LogP contribution is 2.29. The average molecular weight is 281 g/mol. The number of nitrogens with two attached hydrogens (primary N) is 1. The molecule has 2 N–H and O–H groups in total. The molecule has 0 saturated heterocycles. The minimum atomic E-state index is -0.569. The minimum Gasteiger partial charge on any atom is -0.437 e. The predicted molar refractivity (Wildman–Crippen MR) is 68.2 cm³/mol. The summed E-state index contributed by atoms with van der Waals surface area (Å²) in [6.45, 7) is 0. The second-order valence-corrected chi connectivity index (χ2v) is 4.62. The summed E-state index contributed by atoms with van der Waals surface area (Å²) in [5.74, 6) is -0.192. The second-order valence-electron chi connectivity index (χ2n) is 4.21. The van der Waals surface area contributed by atoms with Gasteiger partial charge in [-0.2, -0.15) is 5.10 Å². The van der Waals surface area contributed by atoms with Gasteiger partial charge < -0.3 is 10.2 Å². The Morgan fingerprint density at radius 3 is 2.95 bits per heavy atom. The fraction of sp³-hybridized carbons (Fsp3) is 0.167. The third kappa shape index (κ3) is 2.09. The summed E-state index contributed by atoms with van der Waals surface area (Å²) in [5, 5.41) is 4.20. The van der Waals surface area contributed by atoms with Gasteiger partial charge in [0.2, 0.25) is 5.89 Å². The lowest BCUT2D eigenvalue weighted by molar-refractivity contribution is 0.504. The Morgan fingerprint density at radius 2 is 2.26 bits per heavy atom. The van der Waals surface area contributed by atoms with Crippen LogP contribution < -0.4 is 5.73 Å². The van der Waals surface area contributed by atoms with Crippen LogP contribution in [0.2, 0.25) is 5.02 Å². The Kier molecular flexibility index (Phi) is 2.76. The van der Waals surface area contributed by atoms with E-state index >= 15 is 0 Å². The minimum absolute atomic E-state index is 0.173. The summed E-state index contributed by atoms with van der Waals surface area (Å²) in [6, 6.07) is 1.86. The first-order valence-corrected chi connectivity index (χ1v) is 5.92. The number of rotatable bonds is 2. The number of aryl methyl sites for hydroxylation is 1. The van der Waals surface area contributed by atoms with E-state index in [2.05, 4.69) is 10.1 Å². The Balaban J connectivity index is 2.08. The molecule has 0 bridgehead atoms. The van der Waals surface area contributed by atoms with Crippen molar-refractivity contribution in [1.82, 2.24) is 14.8 Å². The van der Waals surface area contributed by atoms with Crippen LogP contribution in [0.1, 0.15) is 17.5 Å². The van der Waals surface area contributed by atoms with Gasteiger partial charge in [-0.15, -0.1) is 0 Å². The van der Waals surface area contributed by atoms with Crippen LogP contribution in [0.4, 0.5) is 4.39 Å². The van der Waals surface area contributed by atoms with Gasteiger partial charge >= 0.3 is 0 Å². The standard InChI is InChI=1S/C12H10ClFN4O/c1-18-5-6(4-16-18)10(15)12-17-9-3-7(14)2-8(13)11(9)19-12/h2-5,10H,15H2,1H3. The Labute approximate surface area is 112 Å². The number of hydrogen-bond donors (Lipinski definition) is 1. The zero-order chi connectivity index (χ0) is 13.6. The van der Waals surface area contributed by atoms with Crippen molar-refractivity contribution in [2.45, 2.75) is 6.04 Å². The molecular weight excluding hydrogens is 271 g/mol. The van der Waals surface area contributed by atoms with Crippen molar-refractivity contribution < 1.29 is 8.81 Å². The highest BCUT2D eigenvalue weighted by Gasteiger charge is 2.19. The van der Waals surface area contributed by atoms with E-state index in [0.717, 1.165) is 5.56 Å². The molecule has 7 heteroatoms. The molecule has 0 saturated carbocycles. The van der Waals surface area contributed by atoms with Crippen LogP contribution >= 0.6 is 11.6 Å². The van der Waals surface area contributed by atoms with Gasteiger partial charge in [0.1, 0.15) is 17.4 Å². The number of oxazole rings is 1. The summed E-state index contributed by atoms with van der Waals surface area (Å²) in [5.41, 5.74) is 7.47. The fourth-order valence-corrected chi connectivity index (χ4v) is 2.09. The molecule has 0 radical (unpaired) electrons. The number of hydrogen-bond acceptors (Lipinski definition) is 4. The van der Waals surface area contributed by atoms with Crippen molar-refractivity contribution >= 4 is 22.7 Å². The van der Waals surface area contributed by atoms with Crippen LogP contribution in [0.3, 0.4) is 0 Å². The van der Waals surface area contributed by atoms with E-state index in [-0.39, 0.29) is 10.9 Å². The van der Waals surface area contributed by atoms with E-state index in [9.17, 15) is 4.39 Å². The Hall–Kier alpha value is -1.92. The zero-order valence-electron chi connectivity index (χ0n) is 9.97. The highest BCUT2D eigenvalue weighted by atomic mass is 35.5. The first-order chi connectivity index (χ1) is 9.04. The topological polar surface area (TPSA) is 69.9 Å². The third-order valence-corrected chi connectivity index (χ3v) is 3.06. The Bertz CT molecular complexity index is 751. The lowest BCUT2D eigenvalue weighted by atomic mass is 10.2. The summed E-state index contributed by atoms with van der Waals surface area (Å²) < 4.78 is 20.4. The van der Waals surface area contributed by atoms with E-state index in [1.165, 1.54) is 12.1 Å². The zero-order valence-corrected chi connectivity index (χ0v) is 10.7. The molecule has 2 heterocycles. The quantitative estimate of drug-likeness (QED) is 0.782. The number of benzene rings is 1. The molecule has 5 nitrogen and oxygen atoms in total. The number of aromatic nitrogens is 3. The van der Waals surface area contributed by atoms with E-state index in [1.54, 1.807) is 24.1 Å². The SMILES string of the molecule is Cn1cc(C(N)c2nc3cc(F)cc(Cl)c3o2)cn1. The lowest BCUT2D eigenvalue weighted by Crippen LogP contribution is -2.11. The van der Waals surface area contributed by atoms with Gasteiger partial charge in [-0.1, -0.05) is 11.6 Å². The van der Waals surface area contributed by atoms with Crippen molar-refractivity contribution in [2.24, 2.45) is 12.8 Å². The molecule has 0 spiro atoms. The van der Waals surface area contributed by atoms with Crippen molar-refractivity contribution in [3.05, 3.63) is 46.8 Å². The van der Waals surface area contributed by atoms with Crippen molar-refractivity contribution in [2.75, 3.05) is 0 Å². The van der Waals surface area contributed by atoms with Crippen LogP contribution in [0.15, 0.2) is 28.9 Å². The highest BCUT2D eigenvalue weighted by molar-refractivity contribution is 6.34. The Morgan fingerprint density at radius 1 is 1.47 bits per heavy atom. The van der Waals surface area contributed by atoms with Gasteiger partial charge in [0.25, 0.3) is 0 Å². The molecule has 98 valence electrons. The van der Waals surface area contributed by atoms with Crippen molar-refractivity contribution in [1.29, 1.82) is 0 Å². The van der Waals surface area contributed by atoms with Gasteiger partial charge in [0.05, 0.1) is 11.2 Å². The first kappa shape index (κ1) is 12.1. The second kappa shape index (κ2) is 4.32. The maximum atomic E-state index is 13.2. The van der Waals surface area contributed by atoms with Gasteiger partial charge in [-0.3, -0.25) is 4.68 Å². The van der Waals surface area contributed by atoms with E-state index in [0.29, 0.717) is 11.1 Å². The molecule has 3 rings (SSSR count). The smallest absolute Gasteiger partial charge is 0.217 e. The largest absolute Gasteiger partial charge is 0.437 e. The van der Waals surface area contributed by atoms with Crippen molar-refractivity contribution in [3.63, 3.8) is 0 Å². The molecule has 0 aliphatic heterocycles. The van der Waals surface area contributed by atoms with Crippen LogP contribution in [-0.4, -0.2) is 14.8 Å². The predicted octanol–water partition coefficient (Wildman–Crippen LogP) is 2.40. The number of nitrogens with zero attached hydrogens (tertiary/aromatic N) is 3. The van der Waals surface area contributed by atoms with Crippen LogP contribution in [0, 0.1) is 5.82 Å². The fourth-order valence-electron chi connectivity index (χ4n) is 1.85. The van der Waals surface area contributed by atoms with Gasteiger partial charge in [-0.25, -0.2) is 9.37 Å². The van der Waals surface area contributed by atoms with Gasteiger partial charge in [0.15, 0.2) is 5.58 Å². The van der Waals surface area contributed by atoms with Crippen LogP contribution in [0.25, 0.3) is 11.1 Å². The molecule has 1 unspecified atom stereocenters.